The zero-order valence-electron chi connectivity index (χ0n) is 10.8. The molecule has 0 aliphatic carbocycles. The highest BCUT2D eigenvalue weighted by atomic mass is 35.5. The standard InChI is InChI=1S/C10H15ClN4O2S3/c1-2-3-8-14-15-10(19-8)13-9(18)12-7-5-20(16,17)4-6(7)11/h6-7H,2-5H2,1H3,(H2,12,13,15,18)/t6-,7-/m1/s1. The number of halogens is 1. The van der Waals surface area contributed by atoms with Crippen LogP contribution in [0, 0.1) is 0 Å². The lowest BCUT2D eigenvalue weighted by Crippen LogP contribution is -2.42. The van der Waals surface area contributed by atoms with E-state index in [4.69, 9.17) is 23.8 Å². The molecule has 1 aromatic heterocycles. The maximum atomic E-state index is 11.5. The number of nitrogens with one attached hydrogen (secondary N) is 2. The summed E-state index contributed by atoms with van der Waals surface area (Å²) in [5.41, 5.74) is 0. The Morgan fingerprint density at radius 1 is 1.50 bits per heavy atom. The molecule has 1 aliphatic heterocycles. The molecule has 0 amide bonds. The van der Waals surface area contributed by atoms with Gasteiger partial charge >= 0.3 is 0 Å². The van der Waals surface area contributed by atoms with E-state index in [1.54, 1.807) is 0 Å². The van der Waals surface area contributed by atoms with Gasteiger partial charge in [0, 0.05) is 6.42 Å². The molecule has 20 heavy (non-hydrogen) atoms. The average molecular weight is 355 g/mol. The van der Waals surface area contributed by atoms with E-state index in [2.05, 4.69) is 27.8 Å². The number of anilines is 1. The molecule has 2 N–H and O–H groups in total. The lowest BCUT2D eigenvalue weighted by atomic mass is 10.3. The Balaban J connectivity index is 1.89. The third kappa shape index (κ3) is 4.24. The molecule has 0 bridgehead atoms. The van der Waals surface area contributed by atoms with Crippen LogP contribution >= 0.6 is 35.2 Å². The van der Waals surface area contributed by atoms with E-state index in [1.165, 1.54) is 11.3 Å². The number of rotatable bonds is 4. The molecule has 0 radical (unpaired) electrons. The number of hydrogen-bond acceptors (Lipinski definition) is 6. The average Bonchev–Trinajstić information content (AvgIpc) is 2.84. The van der Waals surface area contributed by atoms with Crippen LogP contribution in [0.25, 0.3) is 0 Å². The molecule has 0 spiro atoms. The van der Waals surface area contributed by atoms with Crippen LogP contribution in [0.5, 0.6) is 0 Å². The van der Waals surface area contributed by atoms with Crippen molar-refractivity contribution in [1.29, 1.82) is 0 Å². The van der Waals surface area contributed by atoms with E-state index >= 15 is 0 Å². The third-order valence-electron chi connectivity index (χ3n) is 2.75. The van der Waals surface area contributed by atoms with Gasteiger partial charge in [-0.05, 0) is 18.6 Å². The van der Waals surface area contributed by atoms with Crippen LogP contribution in [0.2, 0.25) is 0 Å². The Hall–Kier alpha value is -0.510. The van der Waals surface area contributed by atoms with Crippen molar-refractivity contribution in [2.24, 2.45) is 0 Å². The first kappa shape index (κ1) is 15.9. The van der Waals surface area contributed by atoms with E-state index in [1.807, 2.05) is 0 Å². The summed E-state index contributed by atoms with van der Waals surface area (Å²) in [6.45, 7) is 2.07. The first-order valence-corrected chi connectivity index (χ1v) is 9.62. The first-order valence-electron chi connectivity index (χ1n) is 6.14. The summed E-state index contributed by atoms with van der Waals surface area (Å²) in [5.74, 6) is -0.0194. The second-order valence-electron chi connectivity index (χ2n) is 4.55. The van der Waals surface area contributed by atoms with Gasteiger partial charge < -0.3 is 10.6 Å². The molecule has 112 valence electrons. The molecule has 0 saturated carbocycles. The van der Waals surface area contributed by atoms with Crippen molar-refractivity contribution >= 4 is 55.2 Å². The summed E-state index contributed by atoms with van der Waals surface area (Å²) in [6, 6.07) is -0.371. The molecular formula is C10H15ClN4O2S3. The van der Waals surface area contributed by atoms with Crippen LogP contribution in [0.1, 0.15) is 18.4 Å². The van der Waals surface area contributed by atoms with Crippen molar-refractivity contribution in [2.75, 3.05) is 16.8 Å². The molecule has 1 aliphatic rings. The lowest BCUT2D eigenvalue weighted by Gasteiger charge is -2.16. The molecule has 0 unspecified atom stereocenters. The predicted molar refractivity (Wildman–Crippen MR) is 85.3 cm³/mol. The molecule has 10 heteroatoms. The van der Waals surface area contributed by atoms with Crippen molar-refractivity contribution in [1.82, 2.24) is 15.5 Å². The minimum absolute atomic E-state index is 0.000189. The first-order chi connectivity index (χ1) is 9.39. The van der Waals surface area contributed by atoms with Gasteiger partial charge in [0.2, 0.25) is 5.13 Å². The van der Waals surface area contributed by atoms with Crippen LogP contribution in [0.4, 0.5) is 5.13 Å². The van der Waals surface area contributed by atoms with Gasteiger partial charge in [-0.25, -0.2) is 8.42 Å². The Morgan fingerprint density at radius 2 is 2.25 bits per heavy atom. The van der Waals surface area contributed by atoms with Crippen molar-refractivity contribution in [3.63, 3.8) is 0 Å². The molecule has 2 heterocycles. The summed E-state index contributed by atoms with van der Waals surface area (Å²) in [7, 11) is -3.07. The van der Waals surface area contributed by atoms with Crippen molar-refractivity contribution in [3.05, 3.63) is 5.01 Å². The number of nitrogens with zero attached hydrogens (tertiary/aromatic N) is 2. The largest absolute Gasteiger partial charge is 0.357 e. The van der Waals surface area contributed by atoms with Crippen LogP contribution < -0.4 is 10.6 Å². The van der Waals surface area contributed by atoms with E-state index < -0.39 is 15.2 Å². The second-order valence-corrected chi connectivity index (χ2v) is 8.73. The second kappa shape index (κ2) is 6.50. The van der Waals surface area contributed by atoms with Gasteiger partial charge in [0.15, 0.2) is 14.9 Å². The summed E-state index contributed by atoms with van der Waals surface area (Å²) in [4.78, 5) is 0. The molecule has 6 nitrogen and oxygen atoms in total. The lowest BCUT2D eigenvalue weighted by molar-refractivity contribution is 0.600. The Bertz CT molecular complexity index is 589. The highest BCUT2D eigenvalue weighted by Crippen LogP contribution is 2.19. The van der Waals surface area contributed by atoms with Gasteiger partial charge in [0.1, 0.15) is 5.01 Å². The number of alkyl halides is 1. The minimum Gasteiger partial charge on any atom is -0.357 e. The summed E-state index contributed by atoms with van der Waals surface area (Å²) < 4.78 is 22.9. The fourth-order valence-corrected chi connectivity index (χ4v) is 5.57. The summed E-state index contributed by atoms with van der Waals surface area (Å²) in [6.07, 6.45) is 1.88. The maximum absolute atomic E-state index is 11.5. The highest BCUT2D eigenvalue weighted by molar-refractivity contribution is 7.91. The van der Waals surface area contributed by atoms with Gasteiger partial charge in [-0.2, -0.15) is 0 Å². The number of hydrogen-bond donors (Lipinski definition) is 2. The van der Waals surface area contributed by atoms with E-state index in [-0.39, 0.29) is 17.5 Å². The predicted octanol–water partition coefficient (Wildman–Crippen LogP) is 1.18. The Kier molecular flexibility index (Phi) is 5.16. The van der Waals surface area contributed by atoms with Gasteiger partial charge in [-0.3, -0.25) is 0 Å². The van der Waals surface area contributed by atoms with Crippen LogP contribution in [-0.2, 0) is 16.3 Å². The van der Waals surface area contributed by atoms with E-state index in [9.17, 15) is 8.42 Å². The normalized spacial score (nSPS) is 24.5. The quantitative estimate of drug-likeness (QED) is 0.620. The fourth-order valence-electron chi connectivity index (χ4n) is 1.86. The molecule has 1 saturated heterocycles. The molecule has 1 aromatic rings. The topological polar surface area (TPSA) is 84.0 Å². The molecule has 2 atom stereocenters. The maximum Gasteiger partial charge on any atom is 0.211 e. The van der Waals surface area contributed by atoms with E-state index in [0.717, 1.165) is 17.8 Å². The zero-order valence-corrected chi connectivity index (χ0v) is 14.0. The van der Waals surface area contributed by atoms with Crippen molar-refractivity contribution in [2.45, 2.75) is 31.2 Å². The number of aryl methyl sites for hydroxylation is 1. The van der Waals surface area contributed by atoms with Gasteiger partial charge in [0.05, 0.1) is 22.9 Å². The smallest absolute Gasteiger partial charge is 0.211 e. The molecule has 1 fully saturated rings. The molecular weight excluding hydrogens is 340 g/mol. The fraction of sp³-hybridized carbons (Fsp3) is 0.700. The van der Waals surface area contributed by atoms with Crippen LogP contribution in [0.3, 0.4) is 0 Å². The number of sulfone groups is 1. The molecule has 2 rings (SSSR count). The van der Waals surface area contributed by atoms with Crippen LogP contribution in [0.15, 0.2) is 0 Å². The zero-order chi connectivity index (χ0) is 14.8. The SMILES string of the molecule is CCCc1nnc(NC(=S)N[C@@H]2CS(=O)(=O)C[C@H]2Cl)s1. The molecule has 0 aromatic carbocycles. The third-order valence-corrected chi connectivity index (χ3v) is 6.24. The Labute approximate surface area is 132 Å². The van der Waals surface area contributed by atoms with Gasteiger partial charge in [-0.15, -0.1) is 21.8 Å². The summed E-state index contributed by atoms with van der Waals surface area (Å²) >= 11 is 12.6. The Morgan fingerprint density at radius 3 is 2.85 bits per heavy atom. The monoisotopic (exact) mass is 354 g/mol. The van der Waals surface area contributed by atoms with Crippen LogP contribution in [-0.4, -0.2) is 46.7 Å². The summed E-state index contributed by atoms with van der Waals surface area (Å²) in [5, 5.41) is 15.2. The van der Waals surface area contributed by atoms with Gasteiger partial charge in [-0.1, -0.05) is 18.3 Å². The van der Waals surface area contributed by atoms with Crippen molar-refractivity contribution < 1.29 is 8.42 Å². The number of thiocarbonyl (C=S) groups is 1. The van der Waals surface area contributed by atoms with E-state index in [0.29, 0.717) is 10.2 Å². The highest BCUT2D eigenvalue weighted by Gasteiger charge is 2.36. The minimum atomic E-state index is -3.07. The van der Waals surface area contributed by atoms with Gasteiger partial charge in [0.25, 0.3) is 0 Å². The van der Waals surface area contributed by atoms with Crippen molar-refractivity contribution in [3.8, 4) is 0 Å². The number of aromatic nitrogens is 2.